The zero-order chi connectivity index (χ0) is 22.8. The SMILES string of the molecule is Cc1ccc(NC(=O)COC(=O)c2cc(-c3ccco3)nc3c2cnn3C(C)C)cc1F. The summed E-state index contributed by atoms with van der Waals surface area (Å²) in [6.45, 7) is 4.98. The summed E-state index contributed by atoms with van der Waals surface area (Å²) in [5.41, 5.74) is 1.89. The van der Waals surface area contributed by atoms with E-state index in [1.165, 1.54) is 12.3 Å². The number of nitrogens with one attached hydrogen (secondary N) is 1. The van der Waals surface area contributed by atoms with E-state index in [1.807, 2.05) is 13.8 Å². The molecule has 0 aliphatic carbocycles. The fourth-order valence-corrected chi connectivity index (χ4v) is 3.19. The predicted octanol–water partition coefficient (Wildman–Crippen LogP) is 4.52. The van der Waals surface area contributed by atoms with E-state index in [2.05, 4.69) is 15.4 Å². The number of amides is 1. The van der Waals surface area contributed by atoms with Gasteiger partial charge in [0.1, 0.15) is 11.5 Å². The van der Waals surface area contributed by atoms with Gasteiger partial charge in [-0.15, -0.1) is 0 Å². The molecule has 0 aliphatic heterocycles. The Morgan fingerprint density at radius 1 is 1.25 bits per heavy atom. The maximum Gasteiger partial charge on any atom is 0.339 e. The summed E-state index contributed by atoms with van der Waals surface area (Å²) in [4.78, 5) is 29.7. The average molecular weight is 436 g/mol. The van der Waals surface area contributed by atoms with Gasteiger partial charge in [-0.2, -0.15) is 5.10 Å². The van der Waals surface area contributed by atoms with Crippen LogP contribution in [0, 0.1) is 12.7 Å². The van der Waals surface area contributed by atoms with E-state index in [1.54, 1.807) is 48.1 Å². The van der Waals surface area contributed by atoms with Gasteiger partial charge in [-0.25, -0.2) is 18.9 Å². The third-order valence-corrected chi connectivity index (χ3v) is 4.84. The number of aryl methyl sites for hydroxylation is 1. The number of nitrogens with zero attached hydrogens (tertiary/aromatic N) is 3. The molecule has 1 aromatic carbocycles. The number of ether oxygens (including phenoxy) is 1. The van der Waals surface area contributed by atoms with Gasteiger partial charge < -0.3 is 14.5 Å². The first-order chi connectivity index (χ1) is 15.3. The monoisotopic (exact) mass is 436 g/mol. The number of carbonyl (C=O) groups excluding carboxylic acids is 2. The van der Waals surface area contributed by atoms with Gasteiger partial charge >= 0.3 is 5.97 Å². The number of rotatable bonds is 6. The molecule has 32 heavy (non-hydrogen) atoms. The van der Waals surface area contributed by atoms with Gasteiger partial charge in [0.2, 0.25) is 0 Å². The van der Waals surface area contributed by atoms with E-state index in [0.717, 1.165) is 0 Å². The topological polar surface area (TPSA) is 99.2 Å². The van der Waals surface area contributed by atoms with E-state index < -0.39 is 24.3 Å². The van der Waals surface area contributed by atoms with Crippen molar-refractivity contribution in [1.82, 2.24) is 14.8 Å². The van der Waals surface area contributed by atoms with Crippen LogP contribution in [0.1, 0.15) is 35.8 Å². The van der Waals surface area contributed by atoms with Crippen molar-refractivity contribution in [3.8, 4) is 11.5 Å². The van der Waals surface area contributed by atoms with Crippen molar-refractivity contribution in [1.29, 1.82) is 0 Å². The number of aromatic nitrogens is 3. The molecule has 9 heteroatoms. The van der Waals surface area contributed by atoms with Gasteiger partial charge in [0.25, 0.3) is 5.91 Å². The highest BCUT2D eigenvalue weighted by Gasteiger charge is 2.21. The molecule has 1 amide bonds. The Bertz CT molecular complexity index is 1300. The fraction of sp³-hybridized carbons (Fsp3) is 0.217. The third kappa shape index (κ3) is 4.22. The molecule has 0 saturated heterocycles. The molecular formula is C23H21FN4O4. The lowest BCUT2D eigenvalue weighted by atomic mass is 10.1. The molecule has 8 nitrogen and oxygen atoms in total. The van der Waals surface area contributed by atoms with Crippen LogP contribution in [0.5, 0.6) is 0 Å². The Morgan fingerprint density at radius 2 is 2.06 bits per heavy atom. The van der Waals surface area contributed by atoms with Crippen LogP contribution in [0.15, 0.2) is 53.3 Å². The van der Waals surface area contributed by atoms with Crippen molar-refractivity contribution in [3.63, 3.8) is 0 Å². The lowest BCUT2D eigenvalue weighted by molar-refractivity contribution is -0.119. The van der Waals surface area contributed by atoms with E-state index in [-0.39, 0.29) is 17.3 Å². The zero-order valence-electron chi connectivity index (χ0n) is 17.8. The number of halogens is 1. The van der Waals surface area contributed by atoms with Crippen molar-refractivity contribution in [2.75, 3.05) is 11.9 Å². The highest BCUT2D eigenvalue weighted by Crippen LogP contribution is 2.27. The summed E-state index contributed by atoms with van der Waals surface area (Å²) >= 11 is 0. The van der Waals surface area contributed by atoms with E-state index in [9.17, 15) is 14.0 Å². The molecule has 0 fully saturated rings. The van der Waals surface area contributed by atoms with E-state index in [4.69, 9.17) is 9.15 Å². The maximum atomic E-state index is 13.7. The van der Waals surface area contributed by atoms with Crippen LogP contribution in [-0.2, 0) is 9.53 Å². The smallest absolute Gasteiger partial charge is 0.339 e. The van der Waals surface area contributed by atoms with Gasteiger partial charge in [0.05, 0.1) is 23.4 Å². The molecule has 164 valence electrons. The fourth-order valence-electron chi connectivity index (χ4n) is 3.19. The highest BCUT2D eigenvalue weighted by atomic mass is 19.1. The normalized spacial score (nSPS) is 11.2. The predicted molar refractivity (Wildman–Crippen MR) is 116 cm³/mol. The lowest BCUT2D eigenvalue weighted by Crippen LogP contribution is -2.21. The second-order valence-corrected chi connectivity index (χ2v) is 7.54. The molecule has 0 saturated carbocycles. The quantitative estimate of drug-likeness (QED) is 0.446. The van der Waals surface area contributed by atoms with Crippen LogP contribution < -0.4 is 5.32 Å². The molecule has 0 atom stereocenters. The zero-order valence-corrected chi connectivity index (χ0v) is 17.8. The van der Waals surface area contributed by atoms with Crippen molar-refractivity contribution in [2.45, 2.75) is 26.8 Å². The first-order valence-corrected chi connectivity index (χ1v) is 9.98. The van der Waals surface area contributed by atoms with Crippen LogP contribution in [0.2, 0.25) is 0 Å². The van der Waals surface area contributed by atoms with Crippen molar-refractivity contribution >= 4 is 28.6 Å². The Balaban J connectivity index is 1.57. The third-order valence-electron chi connectivity index (χ3n) is 4.84. The second-order valence-electron chi connectivity index (χ2n) is 7.54. The Hall–Kier alpha value is -4.01. The molecule has 0 bridgehead atoms. The van der Waals surface area contributed by atoms with Crippen molar-refractivity contribution in [3.05, 3.63) is 65.8 Å². The minimum Gasteiger partial charge on any atom is -0.463 e. The van der Waals surface area contributed by atoms with Crippen LogP contribution in [-0.4, -0.2) is 33.2 Å². The number of hydrogen-bond acceptors (Lipinski definition) is 6. The number of esters is 1. The summed E-state index contributed by atoms with van der Waals surface area (Å²) in [5, 5.41) is 7.33. The average Bonchev–Trinajstić information content (AvgIpc) is 3.44. The largest absolute Gasteiger partial charge is 0.463 e. The van der Waals surface area contributed by atoms with Crippen molar-refractivity contribution < 1.29 is 23.1 Å². The number of benzene rings is 1. The highest BCUT2D eigenvalue weighted by molar-refractivity contribution is 6.04. The second kappa shape index (κ2) is 8.62. The number of furan rings is 1. The van der Waals surface area contributed by atoms with Crippen LogP contribution in [0.3, 0.4) is 0 Å². The molecule has 0 aliphatic rings. The van der Waals surface area contributed by atoms with Gasteiger partial charge in [-0.3, -0.25) is 4.79 Å². The Labute approximate surface area is 183 Å². The minimum atomic E-state index is -0.709. The Kier molecular flexibility index (Phi) is 5.72. The van der Waals surface area contributed by atoms with Crippen LogP contribution >= 0.6 is 0 Å². The summed E-state index contributed by atoms with van der Waals surface area (Å²) in [6, 6.07) is 9.33. The van der Waals surface area contributed by atoms with Crippen LogP contribution in [0.25, 0.3) is 22.5 Å². The van der Waals surface area contributed by atoms with Gasteiger partial charge in [-0.05, 0) is 56.7 Å². The molecule has 1 N–H and O–H groups in total. The number of pyridine rings is 1. The summed E-state index contributed by atoms with van der Waals surface area (Å²) in [5.74, 6) is -1.25. The number of fused-ring (bicyclic) bond motifs is 1. The molecule has 4 rings (SSSR count). The first kappa shape index (κ1) is 21.2. The van der Waals surface area contributed by atoms with Gasteiger partial charge in [-0.1, -0.05) is 6.07 Å². The summed E-state index contributed by atoms with van der Waals surface area (Å²) in [7, 11) is 0. The lowest BCUT2D eigenvalue weighted by Gasteiger charge is -2.10. The number of hydrogen-bond donors (Lipinski definition) is 1. The van der Waals surface area contributed by atoms with Crippen LogP contribution in [0.4, 0.5) is 10.1 Å². The molecule has 3 aromatic heterocycles. The molecule has 0 radical (unpaired) electrons. The number of anilines is 1. The van der Waals surface area contributed by atoms with Crippen molar-refractivity contribution in [2.24, 2.45) is 0 Å². The molecule has 0 spiro atoms. The molecule has 4 aromatic rings. The standard InChI is InChI=1S/C23H21FN4O4/c1-13(2)28-22-17(11-25-28)16(10-19(27-22)20-5-4-8-31-20)23(30)32-12-21(29)26-15-7-6-14(3)18(24)9-15/h4-11,13H,12H2,1-3H3,(H,26,29). The van der Waals surface area contributed by atoms with E-state index in [0.29, 0.717) is 28.1 Å². The number of carbonyl (C=O) groups is 2. The van der Waals surface area contributed by atoms with E-state index >= 15 is 0 Å². The summed E-state index contributed by atoms with van der Waals surface area (Å²) in [6.07, 6.45) is 3.05. The molecule has 0 unspecified atom stereocenters. The first-order valence-electron chi connectivity index (χ1n) is 9.98. The minimum absolute atomic E-state index is 0.0106. The molecular weight excluding hydrogens is 415 g/mol. The van der Waals surface area contributed by atoms with Gasteiger partial charge in [0.15, 0.2) is 18.0 Å². The molecule has 3 heterocycles. The van der Waals surface area contributed by atoms with Gasteiger partial charge in [0, 0.05) is 11.7 Å². The maximum absolute atomic E-state index is 13.7. The summed E-state index contributed by atoms with van der Waals surface area (Å²) < 4.78 is 26.0. The Morgan fingerprint density at radius 3 is 2.75 bits per heavy atom.